The van der Waals surface area contributed by atoms with E-state index in [-0.39, 0.29) is 21.7 Å². The molecule has 0 N–H and O–H groups in total. The average Bonchev–Trinajstić information content (AvgIpc) is 3.86. The lowest BCUT2D eigenvalue weighted by atomic mass is 9.62. The Balaban J connectivity index is 1.11. The lowest BCUT2D eigenvalue weighted by Gasteiger charge is -2.45. The molecule has 0 heterocycles. The van der Waals surface area contributed by atoms with Crippen LogP contribution in [0, 0.1) is 0 Å². The van der Waals surface area contributed by atoms with Gasteiger partial charge in [0, 0.05) is 11.3 Å². The van der Waals surface area contributed by atoms with Crippen LogP contribution in [0.4, 0.5) is 17.1 Å². The number of nitrogens with zero attached hydrogens (tertiary/aromatic N) is 1. The maximum atomic E-state index is 2.68. The van der Waals surface area contributed by atoms with Crippen molar-refractivity contribution in [2.75, 3.05) is 4.90 Å². The molecule has 1 spiro atoms. The van der Waals surface area contributed by atoms with E-state index in [0.29, 0.717) is 0 Å². The van der Waals surface area contributed by atoms with E-state index in [1.54, 1.807) is 0 Å². The molecular formula is C71H65N. The van der Waals surface area contributed by atoms with Gasteiger partial charge in [-0.3, -0.25) is 0 Å². The summed E-state index contributed by atoms with van der Waals surface area (Å²) >= 11 is 0. The van der Waals surface area contributed by atoms with Crippen LogP contribution in [0.3, 0.4) is 0 Å². The van der Waals surface area contributed by atoms with E-state index in [4.69, 9.17) is 0 Å². The summed E-state index contributed by atoms with van der Waals surface area (Å²) in [7, 11) is 0. The summed E-state index contributed by atoms with van der Waals surface area (Å²) < 4.78 is 0. The number of anilines is 3. The maximum Gasteiger partial charge on any atom is 0.0726 e. The third-order valence-corrected chi connectivity index (χ3v) is 18.0. The highest BCUT2D eigenvalue weighted by Crippen LogP contribution is 2.65. The molecular weight excluding hydrogens is 867 g/mol. The molecule has 9 aromatic rings. The van der Waals surface area contributed by atoms with Gasteiger partial charge in [-0.1, -0.05) is 225 Å². The molecule has 354 valence electrons. The zero-order valence-corrected chi connectivity index (χ0v) is 43.3. The predicted molar refractivity (Wildman–Crippen MR) is 304 cm³/mol. The molecule has 1 heteroatoms. The largest absolute Gasteiger partial charge is 0.310 e. The van der Waals surface area contributed by atoms with Gasteiger partial charge in [0.25, 0.3) is 0 Å². The smallest absolute Gasteiger partial charge is 0.0726 e. The molecule has 0 unspecified atom stereocenters. The Hall–Kier alpha value is -7.22. The van der Waals surface area contributed by atoms with E-state index in [2.05, 4.69) is 260 Å². The van der Waals surface area contributed by atoms with Gasteiger partial charge < -0.3 is 4.90 Å². The molecule has 4 aliphatic carbocycles. The number of rotatable bonds is 6. The van der Waals surface area contributed by atoms with Gasteiger partial charge in [-0.15, -0.1) is 0 Å². The van der Waals surface area contributed by atoms with Crippen molar-refractivity contribution in [3.05, 3.63) is 245 Å². The molecule has 0 aliphatic heterocycles. The monoisotopic (exact) mass is 932 g/mol. The first-order valence-electron chi connectivity index (χ1n) is 26.5. The SMILES string of the molecule is CC1(C)CCC(C)(C)c2cc(-c3cc4c(cc3N(c3ccc(-c5ccc(-c6ccccc6)cc5)cc3)c3cccc5c3C(C)(C)CCC5(C)C)C3(c5ccccc5-c5ccccc53)c3ccccc3-4)ccc21. The van der Waals surface area contributed by atoms with Crippen LogP contribution in [0.5, 0.6) is 0 Å². The van der Waals surface area contributed by atoms with Gasteiger partial charge in [-0.25, -0.2) is 0 Å². The highest BCUT2D eigenvalue weighted by molar-refractivity contribution is 6.00. The summed E-state index contributed by atoms with van der Waals surface area (Å²) in [5.41, 5.74) is 27.3. The fourth-order valence-corrected chi connectivity index (χ4v) is 13.9. The van der Waals surface area contributed by atoms with Crippen LogP contribution in [0.1, 0.15) is 126 Å². The second kappa shape index (κ2) is 15.9. The van der Waals surface area contributed by atoms with Crippen molar-refractivity contribution in [3.63, 3.8) is 0 Å². The fraction of sp³-hybridized carbons (Fsp3) is 0.239. The predicted octanol–water partition coefficient (Wildman–Crippen LogP) is 19.2. The average molecular weight is 932 g/mol. The molecule has 0 saturated carbocycles. The third-order valence-electron chi connectivity index (χ3n) is 18.0. The molecule has 0 atom stereocenters. The van der Waals surface area contributed by atoms with Crippen molar-refractivity contribution in [1.82, 2.24) is 0 Å². The van der Waals surface area contributed by atoms with Crippen LogP contribution < -0.4 is 4.90 Å². The van der Waals surface area contributed by atoms with Crippen molar-refractivity contribution in [1.29, 1.82) is 0 Å². The van der Waals surface area contributed by atoms with Crippen LogP contribution >= 0.6 is 0 Å². The Morgan fingerprint density at radius 1 is 0.278 bits per heavy atom. The van der Waals surface area contributed by atoms with Gasteiger partial charge in [-0.05, 0) is 172 Å². The zero-order chi connectivity index (χ0) is 49.4. The Kier molecular flexibility index (Phi) is 9.86. The summed E-state index contributed by atoms with van der Waals surface area (Å²) in [5.74, 6) is 0. The number of hydrogen-bond donors (Lipinski definition) is 0. The number of fused-ring (bicyclic) bond motifs is 12. The molecule has 0 aromatic heterocycles. The first-order valence-corrected chi connectivity index (χ1v) is 26.5. The summed E-state index contributed by atoms with van der Waals surface area (Å²) in [5, 5.41) is 0. The van der Waals surface area contributed by atoms with E-state index < -0.39 is 5.41 Å². The molecule has 9 aromatic carbocycles. The minimum atomic E-state index is -0.493. The third kappa shape index (κ3) is 6.58. The van der Waals surface area contributed by atoms with Gasteiger partial charge in [-0.2, -0.15) is 0 Å². The molecule has 0 fully saturated rings. The Morgan fingerprint density at radius 2 is 0.722 bits per heavy atom. The lowest BCUT2D eigenvalue weighted by Crippen LogP contribution is -2.35. The molecule has 72 heavy (non-hydrogen) atoms. The number of benzene rings is 9. The van der Waals surface area contributed by atoms with Crippen LogP contribution in [0.25, 0.3) is 55.6 Å². The molecule has 13 rings (SSSR count). The minimum absolute atomic E-state index is 0.0307. The summed E-state index contributed by atoms with van der Waals surface area (Å²) in [6.07, 6.45) is 4.62. The van der Waals surface area contributed by atoms with E-state index in [0.717, 1.165) is 24.9 Å². The van der Waals surface area contributed by atoms with Gasteiger partial charge in [0.1, 0.15) is 0 Å². The molecule has 1 nitrogen and oxygen atoms in total. The zero-order valence-electron chi connectivity index (χ0n) is 43.3. The van der Waals surface area contributed by atoms with Crippen LogP contribution in [0.2, 0.25) is 0 Å². The van der Waals surface area contributed by atoms with Crippen LogP contribution in [0.15, 0.2) is 200 Å². The maximum absolute atomic E-state index is 2.68. The van der Waals surface area contributed by atoms with E-state index in [9.17, 15) is 0 Å². The van der Waals surface area contributed by atoms with Crippen molar-refractivity contribution < 1.29 is 0 Å². The van der Waals surface area contributed by atoms with E-state index in [1.165, 1.54) is 118 Å². The quantitative estimate of drug-likeness (QED) is 0.161. The van der Waals surface area contributed by atoms with Gasteiger partial charge >= 0.3 is 0 Å². The normalized spacial score (nSPS) is 17.5. The molecule has 0 amide bonds. The number of hydrogen-bond acceptors (Lipinski definition) is 1. The molecule has 0 saturated heterocycles. The standard InChI is InChI=1S/C71H65N/c1-67(2)39-40-69(5,6)63-43-50(35-38-60(63)67)55-44-56-54-23-14-17-26-59(54)71(57-24-15-12-21-52(57)53-22-13-16-25-58(53)71)62(56)45-65(55)72(64-28-18-27-61-66(64)70(7,8)42-41-68(61,3)4)51-36-33-49(34-37-51)48-31-29-47(30-32-48)46-19-10-9-11-20-46/h9-38,43-45H,39-42H2,1-8H3. The Labute approximate surface area is 428 Å². The molecule has 0 radical (unpaired) electrons. The molecule has 0 bridgehead atoms. The fourth-order valence-electron chi connectivity index (χ4n) is 13.9. The highest BCUT2D eigenvalue weighted by atomic mass is 15.1. The lowest BCUT2D eigenvalue weighted by molar-refractivity contribution is 0.332. The first kappa shape index (κ1) is 44.7. The van der Waals surface area contributed by atoms with Crippen LogP contribution in [-0.4, -0.2) is 0 Å². The minimum Gasteiger partial charge on any atom is -0.310 e. The van der Waals surface area contributed by atoms with Crippen molar-refractivity contribution in [3.8, 4) is 55.6 Å². The van der Waals surface area contributed by atoms with Crippen molar-refractivity contribution >= 4 is 17.1 Å². The Morgan fingerprint density at radius 3 is 1.31 bits per heavy atom. The Bertz CT molecular complexity index is 3570. The van der Waals surface area contributed by atoms with E-state index >= 15 is 0 Å². The highest BCUT2D eigenvalue weighted by Gasteiger charge is 2.52. The summed E-state index contributed by atoms with van der Waals surface area (Å²) in [4.78, 5) is 2.68. The van der Waals surface area contributed by atoms with Gasteiger partial charge in [0.05, 0.1) is 16.8 Å². The molecule has 4 aliphatic rings. The van der Waals surface area contributed by atoms with E-state index in [1.807, 2.05) is 0 Å². The first-order chi connectivity index (χ1) is 34.7. The van der Waals surface area contributed by atoms with Crippen LogP contribution in [-0.2, 0) is 27.1 Å². The second-order valence-corrected chi connectivity index (χ2v) is 24.1. The van der Waals surface area contributed by atoms with Gasteiger partial charge in [0.2, 0.25) is 0 Å². The topological polar surface area (TPSA) is 3.24 Å². The summed E-state index contributed by atoms with van der Waals surface area (Å²) in [6, 6.07) is 77.0. The van der Waals surface area contributed by atoms with Gasteiger partial charge in [0.15, 0.2) is 0 Å². The second-order valence-electron chi connectivity index (χ2n) is 24.1. The van der Waals surface area contributed by atoms with Crippen molar-refractivity contribution in [2.24, 2.45) is 0 Å². The van der Waals surface area contributed by atoms with Crippen molar-refractivity contribution in [2.45, 2.75) is 108 Å². The summed E-state index contributed by atoms with van der Waals surface area (Å²) in [6.45, 7) is 19.7.